The number of aryl methyl sites for hydroxylation is 6. The first-order valence-electron chi connectivity index (χ1n) is 31.0. The fourth-order valence-electron chi connectivity index (χ4n) is 10.0. The number of Topliss-reactive ketones (excluding diaryl/α,β-unsaturated/α-hetero) is 3. The highest BCUT2D eigenvalue weighted by atomic mass is 35.5. The molecule has 9 heterocycles. The van der Waals surface area contributed by atoms with Crippen molar-refractivity contribution in [2.24, 2.45) is 17.6 Å². The normalized spacial score (nSPS) is 16.3. The molecule has 0 amide bonds. The Morgan fingerprint density at radius 1 is 0.549 bits per heavy atom. The largest absolute Gasteiger partial charge is 0.356 e. The second kappa shape index (κ2) is 31.9. The van der Waals surface area contributed by atoms with Crippen LogP contribution >= 0.6 is 80.4 Å². The van der Waals surface area contributed by atoms with Crippen molar-refractivity contribution in [1.29, 1.82) is 0 Å². The quantitative estimate of drug-likeness (QED) is 0.0420. The van der Waals surface area contributed by atoms with E-state index in [1.54, 1.807) is 55.7 Å². The van der Waals surface area contributed by atoms with Gasteiger partial charge in [0.15, 0.2) is 32.7 Å². The van der Waals surface area contributed by atoms with Crippen molar-refractivity contribution in [2.45, 2.75) is 100.0 Å². The molecule has 6 aromatic heterocycles. The number of anilines is 8. The van der Waals surface area contributed by atoms with Gasteiger partial charge in [0, 0.05) is 84.8 Å². The Morgan fingerprint density at radius 2 is 0.945 bits per heavy atom. The molecule has 3 atom stereocenters. The highest BCUT2D eigenvalue weighted by Gasteiger charge is 2.24. The number of benzene rings is 3. The molecule has 0 radical (unpaired) electrons. The Hall–Kier alpha value is -7.12. The van der Waals surface area contributed by atoms with Crippen molar-refractivity contribution in [3.05, 3.63) is 177 Å². The SMILES string of the molecule is C[C@H]1CCNC1.[2H]c1cc(C)c(CC(=O)c2cnc(Nc3cc(Cl)nc(C)n3)s2)c(Cl)c1.[2H]c1cc(C)c(CC(=O)c2cnc(Nc3cc(N4CC[C@H](C)C4)nc(C)n3)s2)c(Cl)c1.[2H]c1cc(C)c(CC(=O)c2cnc(Nc3cc(N4CC[C@H](N)C4)nc(C)n3)s2)c(Cl)c1. The Kier molecular flexibility index (Phi) is 22.5. The molecule has 3 aliphatic rings. The highest BCUT2D eigenvalue weighted by molar-refractivity contribution is 7.18. The third-order valence-corrected chi connectivity index (χ3v) is 19.0. The molecule has 0 spiro atoms. The van der Waals surface area contributed by atoms with Crippen molar-refractivity contribution in [2.75, 3.05) is 65.0 Å². The summed E-state index contributed by atoms with van der Waals surface area (Å²) in [7, 11) is 0. The van der Waals surface area contributed by atoms with Crippen LogP contribution < -0.4 is 36.8 Å². The molecule has 9 aromatic rings. The van der Waals surface area contributed by atoms with Gasteiger partial charge in [0.25, 0.3) is 0 Å². The van der Waals surface area contributed by atoms with E-state index in [1.807, 2.05) is 46.8 Å². The van der Waals surface area contributed by atoms with Gasteiger partial charge in [-0.3, -0.25) is 14.4 Å². The smallest absolute Gasteiger partial charge is 0.188 e. The molecule has 0 unspecified atom stereocenters. The topological polar surface area (TPSA) is 248 Å². The Morgan fingerprint density at radius 3 is 1.27 bits per heavy atom. The van der Waals surface area contributed by atoms with Gasteiger partial charge in [-0.05, 0) is 137 Å². The molecule has 19 nitrogen and oxygen atoms in total. The highest BCUT2D eigenvalue weighted by Crippen LogP contribution is 2.32. The van der Waals surface area contributed by atoms with Crippen LogP contribution in [0, 0.1) is 53.4 Å². The summed E-state index contributed by atoms with van der Waals surface area (Å²) >= 11 is 28.4. The number of halogens is 4. The number of aromatic nitrogens is 9. The van der Waals surface area contributed by atoms with Crippen LogP contribution in [-0.4, -0.2) is 108 Å². The fraction of sp³-hybridized carbons (Fsp3) is 0.354. The van der Waals surface area contributed by atoms with Crippen LogP contribution in [0.15, 0.2) is 91.3 Å². The van der Waals surface area contributed by atoms with Crippen molar-refractivity contribution in [1.82, 2.24) is 50.2 Å². The lowest BCUT2D eigenvalue weighted by Crippen LogP contribution is -2.27. The van der Waals surface area contributed by atoms with Crippen LogP contribution in [0.1, 0.15) is 117 Å². The summed E-state index contributed by atoms with van der Waals surface area (Å²) < 4.78 is 23.1. The summed E-state index contributed by atoms with van der Waals surface area (Å²) in [6.07, 6.45) is 8.64. The van der Waals surface area contributed by atoms with Gasteiger partial charge in [-0.2, -0.15) is 0 Å². The lowest BCUT2D eigenvalue weighted by atomic mass is 10.0. The van der Waals surface area contributed by atoms with Gasteiger partial charge in [-0.15, -0.1) is 0 Å². The number of hydrogen-bond acceptors (Lipinski definition) is 22. The number of carbonyl (C=O) groups is 3. The lowest BCUT2D eigenvalue weighted by molar-refractivity contribution is 0.0988. The van der Waals surface area contributed by atoms with Crippen LogP contribution in [0.4, 0.5) is 44.5 Å². The first-order chi connectivity index (χ1) is 44.8. The summed E-state index contributed by atoms with van der Waals surface area (Å²) in [4.78, 5) is 83.3. The van der Waals surface area contributed by atoms with E-state index in [2.05, 4.69) is 89.8 Å². The summed E-state index contributed by atoms with van der Waals surface area (Å²) in [5.74, 6) is 6.81. The fourth-order valence-corrected chi connectivity index (χ4v) is 13.4. The molecule has 3 aromatic carbocycles. The van der Waals surface area contributed by atoms with Crippen LogP contribution in [0.2, 0.25) is 20.2 Å². The molecule has 3 saturated heterocycles. The monoisotopic (exact) mass is 1360 g/mol. The third kappa shape index (κ3) is 19.5. The van der Waals surface area contributed by atoms with Gasteiger partial charge in [-0.1, -0.05) is 131 Å². The summed E-state index contributed by atoms with van der Waals surface area (Å²) in [5.41, 5.74) is 10.7. The van der Waals surface area contributed by atoms with E-state index in [0.29, 0.717) is 109 Å². The van der Waals surface area contributed by atoms with Crippen molar-refractivity contribution in [3.63, 3.8) is 0 Å². The summed E-state index contributed by atoms with van der Waals surface area (Å²) in [6, 6.07) is 16.3. The molecule has 0 aliphatic carbocycles. The summed E-state index contributed by atoms with van der Waals surface area (Å²) in [5, 5.41) is 16.1. The molecule has 6 N–H and O–H groups in total. The van der Waals surface area contributed by atoms with E-state index < -0.39 is 0 Å². The molecular formula is C65H72Cl4N16O3S3. The maximum Gasteiger partial charge on any atom is 0.188 e. The van der Waals surface area contributed by atoms with E-state index in [0.717, 1.165) is 90.0 Å². The molecule has 12 rings (SSSR count). The zero-order valence-corrected chi connectivity index (χ0v) is 57.1. The number of nitrogens with one attached hydrogen (secondary N) is 4. The number of carbonyl (C=O) groups excluding carboxylic acids is 3. The lowest BCUT2D eigenvalue weighted by Gasteiger charge is -2.18. The maximum absolute atomic E-state index is 12.8. The van der Waals surface area contributed by atoms with Crippen LogP contribution in [-0.2, 0) is 19.3 Å². The van der Waals surface area contributed by atoms with Crippen LogP contribution in [0.25, 0.3) is 0 Å². The van der Waals surface area contributed by atoms with E-state index in [9.17, 15) is 14.4 Å². The van der Waals surface area contributed by atoms with Gasteiger partial charge in [0.05, 0.1) is 37.3 Å². The second-order valence-corrected chi connectivity index (χ2v) is 27.2. The van der Waals surface area contributed by atoms with E-state index in [4.69, 9.17) is 56.2 Å². The summed E-state index contributed by atoms with van der Waals surface area (Å²) in [6.45, 7) is 21.6. The number of nitrogens with two attached hydrogens (primary N) is 1. The van der Waals surface area contributed by atoms with Gasteiger partial charge >= 0.3 is 0 Å². The first-order valence-corrected chi connectivity index (χ1v) is 33.5. The molecule has 3 aliphatic heterocycles. The molecule has 476 valence electrons. The number of hydrogen-bond donors (Lipinski definition) is 5. The first kappa shape index (κ1) is 64.0. The van der Waals surface area contributed by atoms with Crippen LogP contribution in [0.5, 0.6) is 0 Å². The molecule has 26 heteroatoms. The molecule has 3 fully saturated rings. The number of rotatable bonds is 17. The minimum Gasteiger partial charge on any atom is -0.356 e. The Bertz CT molecular complexity index is 3940. The van der Waals surface area contributed by atoms with Crippen molar-refractivity contribution < 1.29 is 18.5 Å². The van der Waals surface area contributed by atoms with Gasteiger partial charge in [0.1, 0.15) is 51.7 Å². The predicted molar refractivity (Wildman–Crippen MR) is 372 cm³/mol. The zero-order chi connectivity index (χ0) is 67.5. The number of thiazole rings is 3. The van der Waals surface area contributed by atoms with Gasteiger partial charge < -0.3 is 36.8 Å². The average Bonchev–Trinajstić information content (AvgIpc) is 2.06. The third-order valence-electron chi connectivity index (χ3n) is 14.9. The van der Waals surface area contributed by atoms with Gasteiger partial charge in [0.2, 0.25) is 0 Å². The van der Waals surface area contributed by atoms with Crippen molar-refractivity contribution >= 4 is 142 Å². The van der Waals surface area contributed by atoms with E-state index in [1.165, 1.54) is 65.8 Å². The van der Waals surface area contributed by atoms with E-state index >= 15 is 0 Å². The average molecular weight is 1370 g/mol. The van der Waals surface area contributed by atoms with Crippen molar-refractivity contribution in [3.8, 4) is 0 Å². The Balaban J connectivity index is 0.000000159. The molecule has 91 heavy (non-hydrogen) atoms. The number of ketones is 3. The Labute approximate surface area is 566 Å². The zero-order valence-electron chi connectivity index (χ0n) is 54.6. The predicted octanol–water partition coefficient (Wildman–Crippen LogP) is 14.8. The van der Waals surface area contributed by atoms with Crippen LogP contribution in [0.3, 0.4) is 0 Å². The molecule has 0 saturated carbocycles. The minimum absolute atomic E-state index is 0.0566. The molecule has 0 bridgehead atoms. The van der Waals surface area contributed by atoms with Gasteiger partial charge in [-0.25, -0.2) is 44.9 Å². The number of nitrogens with zero attached hydrogens (tertiary/aromatic N) is 11. The maximum atomic E-state index is 12.8. The standard InChI is InChI=1S/C22H24ClN5OS.C21H23ClN6OS.C17H14Cl2N4OS.C5H11N/c1-13-7-8-28(12-13)21-10-20(25-15(3)26-21)27-22-24-11-19(30-22)18(29)9-16-14(2)5-4-6-17(16)23;1-12-4-3-5-16(22)15(12)8-17(29)18-10-24-21(30-18)27-19-9-20(26-13(2)25-19)28-7-6-14(23)11-28;1-9-4-3-5-12(18)11(9)6-13(24)14-8-20-17(25-14)23-16-7-15(19)21-10(2)22-16;1-5-2-3-6-4-5/h4-6,10-11,13H,7-9,12H2,1-3H3,(H,24,25,26,27);3-5,9-10,14H,6-8,11,23H2,1-2H3,(H,24,25,26,27);3-5,7-8H,6H2,1-2H3,(H,20,21,22,23);5-6H,2-4H2,1H3/t13-;14-;;5-/m00.0/s1/i4D;2*3D;. The molecular weight excluding hydrogens is 1290 g/mol. The van der Waals surface area contributed by atoms with E-state index in [-0.39, 0.29) is 42.7 Å². The minimum atomic E-state index is -0.0878. The second-order valence-electron chi connectivity index (χ2n) is 22.5.